The van der Waals surface area contributed by atoms with Gasteiger partial charge in [0.1, 0.15) is 0 Å². The van der Waals surface area contributed by atoms with Crippen molar-refractivity contribution in [3.63, 3.8) is 0 Å². The molecule has 0 aliphatic heterocycles. The zero-order valence-electron chi connectivity index (χ0n) is 10.7. The van der Waals surface area contributed by atoms with Crippen molar-refractivity contribution in [3.05, 3.63) is 28.8 Å². The Hall–Kier alpha value is -1.40. The minimum Gasteiger partial charge on any atom is -0.298 e. The molecule has 3 rings (SSSR count). The van der Waals surface area contributed by atoms with Crippen molar-refractivity contribution < 1.29 is 4.79 Å². The molecule has 1 aromatic carbocycles. The third-order valence-corrected chi connectivity index (χ3v) is 4.71. The summed E-state index contributed by atoms with van der Waals surface area (Å²) in [4.78, 5) is 11.7. The van der Waals surface area contributed by atoms with E-state index in [0.29, 0.717) is 16.6 Å². The first-order valence-electron chi connectivity index (χ1n) is 6.48. The largest absolute Gasteiger partial charge is 0.298 e. The number of hydrogen-bond acceptors (Lipinski definition) is 5. The van der Waals surface area contributed by atoms with Crippen LogP contribution in [0.2, 0.25) is 5.02 Å². The summed E-state index contributed by atoms with van der Waals surface area (Å²) in [7, 11) is 0. The second-order valence-electron chi connectivity index (χ2n) is 4.75. The van der Waals surface area contributed by atoms with E-state index in [9.17, 15) is 4.79 Å². The van der Waals surface area contributed by atoms with Crippen LogP contribution in [0.1, 0.15) is 42.1 Å². The molecular weight excluding hydrogens is 296 g/mol. The molecule has 0 saturated heterocycles. The lowest BCUT2D eigenvalue weighted by molar-refractivity contribution is 0.112. The fraction of sp³-hybridized carbons (Fsp3) is 0.385. The summed E-state index contributed by atoms with van der Waals surface area (Å²) < 4.78 is 1.90. The summed E-state index contributed by atoms with van der Waals surface area (Å²) in [5.41, 5.74) is 0.492. The second kappa shape index (κ2) is 5.93. The van der Waals surface area contributed by atoms with Gasteiger partial charge in [-0.2, -0.15) is 0 Å². The molecule has 20 heavy (non-hydrogen) atoms. The van der Waals surface area contributed by atoms with Gasteiger partial charge in [0, 0.05) is 10.5 Å². The van der Waals surface area contributed by atoms with Crippen LogP contribution in [0.15, 0.2) is 28.3 Å². The van der Waals surface area contributed by atoms with Gasteiger partial charge >= 0.3 is 0 Å². The molecule has 7 heteroatoms. The van der Waals surface area contributed by atoms with Crippen LogP contribution in [0.25, 0.3) is 0 Å². The molecule has 0 amide bonds. The second-order valence-corrected chi connectivity index (χ2v) is 6.20. The van der Waals surface area contributed by atoms with Gasteiger partial charge in [0.25, 0.3) is 0 Å². The van der Waals surface area contributed by atoms with E-state index in [4.69, 9.17) is 11.6 Å². The number of halogens is 1. The van der Waals surface area contributed by atoms with Gasteiger partial charge < -0.3 is 0 Å². The lowest BCUT2D eigenvalue weighted by Gasteiger charge is -2.10. The van der Waals surface area contributed by atoms with Crippen LogP contribution in [0.3, 0.4) is 0 Å². The topological polar surface area (TPSA) is 60.7 Å². The molecule has 2 aromatic rings. The van der Waals surface area contributed by atoms with Gasteiger partial charge in [-0.1, -0.05) is 24.4 Å². The highest BCUT2D eigenvalue weighted by molar-refractivity contribution is 7.99. The number of hydrogen-bond donors (Lipinski definition) is 0. The summed E-state index contributed by atoms with van der Waals surface area (Å²) in [5.74, 6) is 0. The molecule has 0 spiro atoms. The molecule has 0 atom stereocenters. The normalized spacial score (nSPS) is 15.7. The molecular formula is C13H13ClN4OS. The van der Waals surface area contributed by atoms with Gasteiger partial charge in [0.2, 0.25) is 5.16 Å². The van der Waals surface area contributed by atoms with Gasteiger partial charge in [0.15, 0.2) is 6.29 Å². The van der Waals surface area contributed by atoms with Crippen molar-refractivity contribution in [2.45, 2.75) is 41.8 Å². The Bertz CT molecular complexity index is 625. The van der Waals surface area contributed by atoms with Crippen molar-refractivity contribution in [1.29, 1.82) is 0 Å². The fourth-order valence-corrected chi connectivity index (χ4v) is 3.57. The zero-order valence-corrected chi connectivity index (χ0v) is 12.3. The minimum atomic E-state index is 0.400. The maximum absolute atomic E-state index is 10.8. The number of carbonyl (C=O) groups excluding carboxylic acids is 1. The highest BCUT2D eigenvalue weighted by Gasteiger charge is 2.22. The number of nitrogens with zero attached hydrogens (tertiary/aromatic N) is 4. The van der Waals surface area contributed by atoms with Crippen LogP contribution < -0.4 is 0 Å². The van der Waals surface area contributed by atoms with Gasteiger partial charge in [-0.25, -0.2) is 4.68 Å². The van der Waals surface area contributed by atoms with Crippen molar-refractivity contribution >= 4 is 29.6 Å². The molecule has 1 saturated carbocycles. The van der Waals surface area contributed by atoms with E-state index in [0.717, 1.165) is 29.2 Å². The van der Waals surface area contributed by atoms with E-state index in [-0.39, 0.29) is 0 Å². The molecule has 0 unspecified atom stereocenters. The third kappa shape index (κ3) is 2.71. The molecule has 104 valence electrons. The number of rotatable bonds is 4. The Morgan fingerprint density at radius 3 is 2.85 bits per heavy atom. The van der Waals surface area contributed by atoms with Gasteiger partial charge in [-0.15, -0.1) is 5.10 Å². The van der Waals surface area contributed by atoms with Crippen molar-refractivity contribution in [2.24, 2.45) is 0 Å². The maximum atomic E-state index is 10.8. The van der Waals surface area contributed by atoms with E-state index < -0.39 is 0 Å². The first-order valence-corrected chi connectivity index (χ1v) is 7.68. The average molecular weight is 309 g/mol. The Labute approximate surface area is 125 Å². The lowest BCUT2D eigenvalue weighted by Crippen LogP contribution is -2.08. The van der Waals surface area contributed by atoms with E-state index in [2.05, 4.69) is 15.5 Å². The molecule has 1 heterocycles. The van der Waals surface area contributed by atoms with Crippen molar-refractivity contribution in [3.8, 4) is 0 Å². The predicted octanol–water partition coefficient (Wildman–Crippen LogP) is 3.41. The first-order chi connectivity index (χ1) is 9.78. The van der Waals surface area contributed by atoms with Crippen LogP contribution in [-0.4, -0.2) is 26.5 Å². The van der Waals surface area contributed by atoms with Crippen molar-refractivity contribution in [2.75, 3.05) is 0 Å². The number of benzene rings is 1. The molecule has 1 aromatic heterocycles. The third-order valence-electron chi connectivity index (χ3n) is 3.44. The molecule has 0 N–H and O–H groups in total. The van der Waals surface area contributed by atoms with E-state index in [1.54, 1.807) is 12.1 Å². The standard InChI is InChI=1S/C13H13ClN4OS/c14-12-7-11(6-5-9(12)8-19)20-13-15-16-17-18(13)10-3-1-2-4-10/h5-8,10H,1-4H2. The minimum absolute atomic E-state index is 0.400. The summed E-state index contributed by atoms with van der Waals surface area (Å²) in [6.07, 6.45) is 5.47. The molecule has 0 bridgehead atoms. The van der Waals surface area contributed by atoms with Crippen LogP contribution in [0.4, 0.5) is 0 Å². The van der Waals surface area contributed by atoms with E-state index in [1.165, 1.54) is 24.6 Å². The van der Waals surface area contributed by atoms with E-state index in [1.807, 2.05) is 10.7 Å². The fourth-order valence-electron chi connectivity index (χ4n) is 2.40. The first kappa shape index (κ1) is 13.6. The number of carbonyl (C=O) groups is 1. The molecule has 1 fully saturated rings. The zero-order chi connectivity index (χ0) is 13.9. The predicted molar refractivity (Wildman–Crippen MR) is 76.3 cm³/mol. The summed E-state index contributed by atoms with van der Waals surface area (Å²) >= 11 is 7.50. The van der Waals surface area contributed by atoms with Crippen LogP contribution in [0, 0.1) is 0 Å². The van der Waals surface area contributed by atoms with E-state index >= 15 is 0 Å². The number of aromatic nitrogens is 4. The van der Waals surface area contributed by atoms with Gasteiger partial charge in [-0.05, 0) is 53.2 Å². The Balaban J connectivity index is 1.82. The lowest BCUT2D eigenvalue weighted by atomic mass is 10.2. The Morgan fingerprint density at radius 2 is 2.15 bits per heavy atom. The van der Waals surface area contributed by atoms with Crippen LogP contribution in [-0.2, 0) is 0 Å². The number of aldehydes is 1. The molecule has 1 aliphatic rings. The highest BCUT2D eigenvalue weighted by Crippen LogP contribution is 2.34. The summed E-state index contributed by atoms with van der Waals surface area (Å²) in [5, 5.41) is 13.2. The molecule has 5 nitrogen and oxygen atoms in total. The van der Waals surface area contributed by atoms with Crippen molar-refractivity contribution in [1.82, 2.24) is 20.2 Å². The SMILES string of the molecule is O=Cc1ccc(Sc2nnnn2C2CCCC2)cc1Cl. The average Bonchev–Trinajstić information content (AvgIpc) is 3.09. The Kier molecular flexibility index (Phi) is 4.03. The van der Waals surface area contributed by atoms with Gasteiger partial charge in [-0.3, -0.25) is 4.79 Å². The maximum Gasteiger partial charge on any atom is 0.214 e. The quantitative estimate of drug-likeness (QED) is 0.810. The molecule has 1 aliphatic carbocycles. The van der Waals surface area contributed by atoms with Crippen LogP contribution in [0.5, 0.6) is 0 Å². The summed E-state index contributed by atoms with van der Waals surface area (Å²) in [6.45, 7) is 0. The number of tetrazole rings is 1. The molecule has 0 radical (unpaired) electrons. The highest BCUT2D eigenvalue weighted by atomic mass is 35.5. The van der Waals surface area contributed by atoms with Gasteiger partial charge in [0.05, 0.1) is 11.1 Å². The Morgan fingerprint density at radius 1 is 1.35 bits per heavy atom. The summed E-state index contributed by atoms with van der Waals surface area (Å²) in [6, 6.07) is 5.73. The monoisotopic (exact) mass is 308 g/mol. The smallest absolute Gasteiger partial charge is 0.214 e. The van der Waals surface area contributed by atoms with Crippen LogP contribution >= 0.6 is 23.4 Å².